The molecule has 72 valence electrons. The van der Waals surface area contributed by atoms with Crippen molar-refractivity contribution >= 4 is 5.91 Å². The fourth-order valence-corrected chi connectivity index (χ4v) is 1.12. The summed E-state index contributed by atoms with van der Waals surface area (Å²) in [4.78, 5) is 12.7. The van der Waals surface area contributed by atoms with E-state index in [9.17, 15) is 4.79 Å². The van der Waals surface area contributed by atoms with Gasteiger partial charge in [-0.2, -0.15) is 0 Å². The first-order valence-electron chi connectivity index (χ1n) is 4.42. The summed E-state index contributed by atoms with van der Waals surface area (Å²) in [5.41, 5.74) is 5.14. The fraction of sp³-hybridized carbons (Fsp3) is 0.875. The van der Waals surface area contributed by atoms with E-state index < -0.39 is 0 Å². The Labute approximate surface area is 74.1 Å². The zero-order valence-corrected chi connectivity index (χ0v) is 8.13. The Morgan fingerprint density at radius 1 is 1.58 bits per heavy atom. The number of carbonyl (C=O) groups is 1. The Balaban J connectivity index is 0.000000561. The van der Waals surface area contributed by atoms with Crippen LogP contribution in [0.1, 0.15) is 13.8 Å². The normalized spacial score (nSPS) is 24.1. The fourth-order valence-electron chi connectivity index (χ4n) is 1.12. The van der Waals surface area contributed by atoms with Crippen molar-refractivity contribution in [1.82, 2.24) is 10.2 Å². The zero-order chi connectivity index (χ0) is 9.56. The van der Waals surface area contributed by atoms with Crippen molar-refractivity contribution in [2.24, 2.45) is 5.73 Å². The van der Waals surface area contributed by atoms with Crippen LogP contribution in [-0.2, 0) is 4.79 Å². The third-order valence-electron chi connectivity index (χ3n) is 1.84. The van der Waals surface area contributed by atoms with Crippen LogP contribution in [0.25, 0.3) is 0 Å². The van der Waals surface area contributed by atoms with E-state index in [0.717, 1.165) is 13.1 Å². The molecule has 1 amide bonds. The number of carbonyl (C=O) groups excluding carboxylic acids is 1. The summed E-state index contributed by atoms with van der Waals surface area (Å²) in [6.45, 7) is 6.53. The molecule has 1 fully saturated rings. The molecule has 0 aliphatic carbocycles. The lowest BCUT2D eigenvalue weighted by Crippen LogP contribution is -2.55. The van der Waals surface area contributed by atoms with Crippen molar-refractivity contribution in [2.45, 2.75) is 19.9 Å². The molecule has 1 aliphatic rings. The molecule has 0 spiro atoms. The molecular formula is C8H19N3O. The van der Waals surface area contributed by atoms with Gasteiger partial charge >= 0.3 is 0 Å². The summed E-state index contributed by atoms with van der Waals surface area (Å²) < 4.78 is 0. The zero-order valence-electron chi connectivity index (χ0n) is 8.13. The summed E-state index contributed by atoms with van der Waals surface area (Å²) in [6.07, 6.45) is 0. The first kappa shape index (κ1) is 11.4. The monoisotopic (exact) mass is 173 g/mol. The van der Waals surface area contributed by atoms with Crippen molar-refractivity contribution in [3.05, 3.63) is 0 Å². The highest BCUT2D eigenvalue weighted by Crippen LogP contribution is 1.97. The van der Waals surface area contributed by atoms with E-state index >= 15 is 0 Å². The molecule has 0 saturated carbocycles. The minimum absolute atomic E-state index is 0.117. The average Bonchev–Trinajstić information content (AvgIpc) is 2.08. The molecule has 0 radical (unpaired) electrons. The Bertz CT molecular complexity index is 138. The molecular weight excluding hydrogens is 154 g/mol. The second kappa shape index (κ2) is 5.97. The van der Waals surface area contributed by atoms with Gasteiger partial charge in [0.05, 0.1) is 0 Å². The minimum Gasteiger partial charge on any atom is -0.368 e. The van der Waals surface area contributed by atoms with E-state index in [2.05, 4.69) is 5.32 Å². The molecule has 4 heteroatoms. The maximum atomic E-state index is 10.7. The van der Waals surface area contributed by atoms with Gasteiger partial charge in [-0.1, -0.05) is 13.8 Å². The van der Waals surface area contributed by atoms with Gasteiger partial charge in [-0.15, -0.1) is 0 Å². The number of piperazine rings is 1. The molecule has 3 N–H and O–H groups in total. The number of nitrogens with two attached hydrogens (primary N) is 1. The highest BCUT2D eigenvalue weighted by atomic mass is 16.1. The number of likely N-dealkylation sites (N-methyl/N-ethyl adjacent to an activating group) is 1. The van der Waals surface area contributed by atoms with Gasteiger partial charge in [0.25, 0.3) is 0 Å². The lowest BCUT2D eigenvalue weighted by Gasteiger charge is -2.30. The maximum absolute atomic E-state index is 10.7. The molecule has 1 unspecified atom stereocenters. The summed E-state index contributed by atoms with van der Waals surface area (Å²) in [7, 11) is 1.91. The lowest BCUT2D eigenvalue weighted by molar-refractivity contribution is -0.123. The first-order chi connectivity index (χ1) is 5.72. The van der Waals surface area contributed by atoms with E-state index in [1.165, 1.54) is 0 Å². The predicted octanol–water partition coefficient (Wildman–Crippen LogP) is -0.598. The average molecular weight is 173 g/mol. The Morgan fingerprint density at radius 3 is 2.50 bits per heavy atom. The summed E-state index contributed by atoms with van der Waals surface area (Å²) >= 11 is 0. The lowest BCUT2D eigenvalue weighted by atomic mass is 10.2. The van der Waals surface area contributed by atoms with E-state index in [4.69, 9.17) is 5.73 Å². The van der Waals surface area contributed by atoms with Gasteiger partial charge in [-0.05, 0) is 7.05 Å². The smallest absolute Gasteiger partial charge is 0.236 e. The molecule has 0 aromatic carbocycles. The van der Waals surface area contributed by atoms with E-state index in [-0.39, 0.29) is 11.9 Å². The van der Waals surface area contributed by atoms with E-state index in [1.807, 2.05) is 25.8 Å². The van der Waals surface area contributed by atoms with Crippen LogP contribution in [0.3, 0.4) is 0 Å². The molecule has 1 saturated heterocycles. The van der Waals surface area contributed by atoms with Gasteiger partial charge < -0.3 is 11.1 Å². The van der Waals surface area contributed by atoms with E-state index in [0.29, 0.717) is 6.54 Å². The molecule has 4 nitrogen and oxygen atoms in total. The molecule has 0 aromatic heterocycles. The van der Waals surface area contributed by atoms with Crippen LogP contribution in [-0.4, -0.2) is 43.5 Å². The SMILES string of the molecule is CC.CN1CCNCC1C(N)=O. The molecule has 1 heterocycles. The third-order valence-corrected chi connectivity index (χ3v) is 1.84. The number of primary amides is 1. The van der Waals surface area contributed by atoms with E-state index in [1.54, 1.807) is 0 Å². The third kappa shape index (κ3) is 3.19. The highest BCUT2D eigenvalue weighted by Gasteiger charge is 2.22. The van der Waals surface area contributed by atoms with Crippen molar-refractivity contribution < 1.29 is 4.79 Å². The van der Waals surface area contributed by atoms with Crippen molar-refractivity contribution in [2.75, 3.05) is 26.7 Å². The molecule has 1 aliphatic heterocycles. The van der Waals surface area contributed by atoms with Crippen molar-refractivity contribution in [3.8, 4) is 0 Å². The predicted molar refractivity (Wildman–Crippen MR) is 49.8 cm³/mol. The van der Waals surface area contributed by atoms with Gasteiger partial charge in [0.1, 0.15) is 6.04 Å². The van der Waals surface area contributed by atoms with Crippen molar-refractivity contribution in [1.29, 1.82) is 0 Å². The van der Waals surface area contributed by atoms with Gasteiger partial charge in [0.15, 0.2) is 0 Å². The van der Waals surface area contributed by atoms with Crippen LogP contribution in [0.15, 0.2) is 0 Å². The van der Waals surface area contributed by atoms with Gasteiger partial charge in [0, 0.05) is 19.6 Å². The number of rotatable bonds is 1. The quantitative estimate of drug-likeness (QED) is 0.557. The summed E-state index contributed by atoms with van der Waals surface area (Å²) in [5.74, 6) is -0.241. The van der Waals surface area contributed by atoms with Crippen LogP contribution in [0.5, 0.6) is 0 Å². The second-order valence-corrected chi connectivity index (χ2v) is 2.60. The molecule has 12 heavy (non-hydrogen) atoms. The molecule has 1 atom stereocenters. The Morgan fingerprint density at radius 2 is 2.17 bits per heavy atom. The number of hydrogen-bond acceptors (Lipinski definition) is 3. The highest BCUT2D eigenvalue weighted by molar-refractivity contribution is 5.80. The maximum Gasteiger partial charge on any atom is 0.236 e. The molecule has 1 rings (SSSR count). The summed E-state index contributed by atoms with van der Waals surface area (Å²) in [6, 6.07) is -0.117. The Hall–Kier alpha value is -0.610. The minimum atomic E-state index is -0.241. The second-order valence-electron chi connectivity index (χ2n) is 2.60. The van der Waals surface area contributed by atoms with Crippen LogP contribution in [0.4, 0.5) is 0 Å². The van der Waals surface area contributed by atoms with Crippen LogP contribution in [0, 0.1) is 0 Å². The summed E-state index contributed by atoms with van der Waals surface area (Å²) in [5, 5.41) is 3.10. The van der Waals surface area contributed by atoms with Crippen LogP contribution in [0.2, 0.25) is 0 Å². The first-order valence-corrected chi connectivity index (χ1v) is 4.42. The number of nitrogens with zero attached hydrogens (tertiary/aromatic N) is 1. The number of amides is 1. The van der Waals surface area contributed by atoms with Crippen molar-refractivity contribution in [3.63, 3.8) is 0 Å². The van der Waals surface area contributed by atoms with Crippen LogP contribution >= 0.6 is 0 Å². The van der Waals surface area contributed by atoms with Gasteiger partial charge in [0.2, 0.25) is 5.91 Å². The van der Waals surface area contributed by atoms with Gasteiger partial charge in [-0.25, -0.2) is 0 Å². The number of nitrogens with one attached hydrogen (secondary N) is 1. The van der Waals surface area contributed by atoms with Gasteiger partial charge in [-0.3, -0.25) is 9.69 Å². The number of hydrogen-bond donors (Lipinski definition) is 2. The topological polar surface area (TPSA) is 58.4 Å². The molecule has 0 aromatic rings. The van der Waals surface area contributed by atoms with Crippen LogP contribution < -0.4 is 11.1 Å². The largest absolute Gasteiger partial charge is 0.368 e. The standard InChI is InChI=1S/C6H13N3O.C2H6/c1-9-3-2-8-4-5(9)6(7)10;1-2/h5,8H,2-4H2,1H3,(H2,7,10);1-2H3. The molecule has 0 bridgehead atoms. The Kier molecular flexibility index (Phi) is 5.66.